The zero-order chi connectivity index (χ0) is 15.9. The van der Waals surface area contributed by atoms with Gasteiger partial charge in [0, 0.05) is 13.1 Å². The summed E-state index contributed by atoms with van der Waals surface area (Å²) in [4.78, 5) is 23.7. The van der Waals surface area contributed by atoms with Crippen LogP contribution in [-0.2, 0) is 16.0 Å². The molecule has 2 amide bonds. The quantitative estimate of drug-likeness (QED) is 0.711. The first-order chi connectivity index (χ1) is 10.7. The lowest BCUT2D eigenvalue weighted by Crippen LogP contribution is -2.31. The van der Waals surface area contributed by atoms with Gasteiger partial charge in [-0.2, -0.15) is 0 Å². The summed E-state index contributed by atoms with van der Waals surface area (Å²) in [6, 6.07) is 7.77. The van der Waals surface area contributed by atoms with Gasteiger partial charge in [0.15, 0.2) is 0 Å². The number of hydrogen-bond acceptors (Lipinski definition) is 3. The standard InChI is InChI=1S/C17H22N2O3/c1-3-8-18-16(20)14-11-15(14)17(21)19-9-7-12-5-4-6-13(10-12)22-2/h3-6,10,14-15H,1,7-9,11H2,2H3,(H,18,20)(H,19,21). The van der Waals surface area contributed by atoms with Gasteiger partial charge in [0.1, 0.15) is 5.75 Å². The van der Waals surface area contributed by atoms with Crippen molar-refractivity contribution in [2.24, 2.45) is 11.8 Å². The van der Waals surface area contributed by atoms with Crippen molar-refractivity contribution < 1.29 is 14.3 Å². The number of carbonyl (C=O) groups is 2. The fourth-order valence-electron chi connectivity index (χ4n) is 2.37. The van der Waals surface area contributed by atoms with Gasteiger partial charge in [-0.25, -0.2) is 0 Å². The first-order valence-electron chi connectivity index (χ1n) is 7.45. The minimum atomic E-state index is -0.185. The van der Waals surface area contributed by atoms with Gasteiger partial charge in [0.25, 0.3) is 0 Å². The monoisotopic (exact) mass is 302 g/mol. The molecule has 2 atom stereocenters. The maximum atomic E-state index is 12.0. The molecule has 5 heteroatoms. The highest BCUT2D eigenvalue weighted by atomic mass is 16.5. The van der Waals surface area contributed by atoms with Crippen LogP contribution in [0.25, 0.3) is 0 Å². The summed E-state index contributed by atoms with van der Waals surface area (Å²) in [6.07, 6.45) is 3.00. The first-order valence-corrected chi connectivity index (χ1v) is 7.45. The Bertz CT molecular complexity index is 557. The average molecular weight is 302 g/mol. The van der Waals surface area contributed by atoms with Gasteiger partial charge in [-0.1, -0.05) is 18.2 Å². The molecule has 1 saturated carbocycles. The van der Waals surface area contributed by atoms with Gasteiger partial charge < -0.3 is 15.4 Å². The highest BCUT2D eigenvalue weighted by Gasteiger charge is 2.47. The molecule has 1 aromatic rings. The molecule has 0 bridgehead atoms. The number of carbonyl (C=O) groups excluding carboxylic acids is 2. The van der Waals surface area contributed by atoms with Crippen LogP contribution in [0.3, 0.4) is 0 Å². The smallest absolute Gasteiger partial charge is 0.224 e. The Hall–Kier alpha value is -2.30. The van der Waals surface area contributed by atoms with Crippen molar-refractivity contribution in [1.29, 1.82) is 0 Å². The second-order valence-electron chi connectivity index (χ2n) is 5.38. The van der Waals surface area contributed by atoms with Crippen molar-refractivity contribution in [1.82, 2.24) is 10.6 Å². The summed E-state index contributed by atoms with van der Waals surface area (Å²) in [7, 11) is 1.63. The van der Waals surface area contributed by atoms with Crippen molar-refractivity contribution in [3.63, 3.8) is 0 Å². The Morgan fingerprint density at radius 2 is 2.05 bits per heavy atom. The van der Waals surface area contributed by atoms with Crippen LogP contribution in [0.15, 0.2) is 36.9 Å². The molecule has 1 aliphatic rings. The van der Waals surface area contributed by atoms with E-state index in [1.165, 1.54) is 0 Å². The average Bonchev–Trinajstić information content (AvgIpc) is 3.33. The van der Waals surface area contributed by atoms with E-state index in [1.54, 1.807) is 13.2 Å². The van der Waals surface area contributed by atoms with E-state index in [-0.39, 0.29) is 23.7 Å². The molecule has 2 rings (SSSR count). The van der Waals surface area contributed by atoms with Crippen molar-refractivity contribution in [3.05, 3.63) is 42.5 Å². The van der Waals surface area contributed by atoms with E-state index in [9.17, 15) is 9.59 Å². The second kappa shape index (κ2) is 7.64. The number of hydrogen-bond donors (Lipinski definition) is 2. The predicted molar refractivity (Wildman–Crippen MR) is 84.5 cm³/mol. The topological polar surface area (TPSA) is 67.4 Å². The summed E-state index contributed by atoms with van der Waals surface area (Å²) in [5.41, 5.74) is 1.11. The first kappa shape index (κ1) is 16.1. The van der Waals surface area contributed by atoms with Crippen molar-refractivity contribution in [2.75, 3.05) is 20.2 Å². The Morgan fingerprint density at radius 3 is 2.73 bits per heavy atom. The summed E-state index contributed by atoms with van der Waals surface area (Å²) < 4.78 is 5.16. The fourth-order valence-corrected chi connectivity index (χ4v) is 2.37. The van der Waals surface area contributed by atoms with Crippen LogP contribution in [0, 0.1) is 11.8 Å². The normalized spacial score (nSPS) is 19.1. The van der Waals surface area contributed by atoms with Crippen molar-refractivity contribution >= 4 is 11.8 Å². The largest absolute Gasteiger partial charge is 0.497 e. The molecule has 0 aliphatic heterocycles. The van der Waals surface area contributed by atoms with Crippen LogP contribution in [0.1, 0.15) is 12.0 Å². The Labute approximate surface area is 130 Å². The van der Waals surface area contributed by atoms with Crippen LogP contribution < -0.4 is 15.4 Å². The van der Waals surface area contributed by atoms with E-state index < -0.39 is 0 Å². The van der Waals surface area contributed by atoms with Gasteiger partial charge >= 0.3 is 0 Å². The molecule has 0 saturated heterocycles. The van der Waals surface area contributed by atoms with E-state index in [0.29, 0.717) is 19.5 Å². The molecule has 1 aliphatic carbocycles. The molecule has 2 N–H and O–H groups in total. The Kier molecular flexibility index (Phi) is 5.58. The minimum Gasteiger partial charge on any atom is -0.497 e. The number of amides is 2. The van der Waals surface area contributed by atoms with Crippen LogP contribution in [0.5, 0.6) is 5.75 Å². The van der Waals surface area contributed by atoms with E-state index in [2.05, 4.69) is 17.2 Å². The lowest BCUT2D eigenvalue weighted by atomic mass is 10.1. The fraction of sp³-hybridized carbons (Fsp3) is 0.412. The number of methoxy groups -OCH3 is 1. The third kappa shape index (κ3) is 4.35. The molecular formula is C17H22N2O3. The van der Waals surface area contributed by atoms with Gasteiger partial charge in [0.05, 0.1) is 18.9 Å². The lowest BCUT2D eigenvalue weighted by Gasteiger charge is -2.07. The van der Waals surface area contributed by atoms with E-state index in [4.69, 9.17) is 4.74 Å². The third-order valence-corrected chi connectivity index (χ3v) is 3.73. The van der Waals surface area contributed by atoms with E-state index >= 15 is 0 Å². The molecule has 0 radical (unpaired) electrons. The number of nitrogens with one attached hydrogen (secondary N) is 2. The summed E-state index contributed by atoms with van der Waals surface area (Å²) in [5, 5.41) is 5.61. The SMILES string of the molecule is C=CCNC(=O)C1CC1C(=O)NCCc1cccc(OC)c1. The zero-order valence-corrected chi connectivity index (χ0v) is 12.8. The van der Waals surface area contributed by atoms with Gasteiger partial charge in [0.2, 0.25) is 11.8 Å². The van der Waals surface area contributed by atoms with Crippen molar-refractivity contribution in [2.45, 2.75) is 12.8 Å². The van der Waals surface area contributed by atoms with Crippen LogP contribution in [-0.4, -0.2) is 32.0 Å². The van der Waals surface area contributed by atoms with Crippen molar-refractivity contribution in [3.8, 4) is 5.75 Å². The van der Waals surface area contributed by atoms with Crippen LogP contribution >= 0.6 is 0 Å². The molecule has 2 unspecified atom stereocenters. The number of ether oxygens (including phenoxy) is 1. The highest BCUT2D eigenvalue weighted by molar-refractivity contribution is 5.92. The number of rotatable bonds is 8. The molecule has 22 heavy (non-hydrogen) atoms. The van der Waals surface area contributed by atoms with Gasteiger partial charge in [-0.05, 0) is 30.5 Å². The summed E-state index contributed by atoms with van der Waals surface area (Å²) in [6.45, 7) is 4.55. The molecule has 0 aromatic heterocycles. The summed E-state index contributed by atoms with van der Waals surface area (Å²) >= 11 is 0. The molecule has 0 spiro atoms. The third-order valence-electron chi connectivity index (χ3n) is 3.73. The Morgan fingerprint density at radius 1 is 1.32 bits per heavy atom. The molecule has 1 aromatic carbocycles. The number of benzene rings is 1. The maximum absolute atomic E-state index is 12.0. The summed E-state index contributed by atoms with van der Waals surface area (Å²) in [5.74, 6) is 0.339. The maximum Gasteiger partial charge on any atom is 0.224 e. The molecular weight excluding hydrogens is 280 g/mol. The van der Waals surface area contributed by atoms with Gasteiger partial charge in [-0.3, -0.25) is 9.59 Å². The van der Waals surface area contributed by atoms with Crippen LogP contribution in [0.2, 0.25) is 0 Å². The minimum absolute atomic E-state index is 0.0401. The molecule has 118 valence electrons. The predicted octanol–water partition coefficient (Wildman–Crippen LogP) is 1.29. The molecule has 1 fully saturated rings. The van der Waals surface area contributed by atoms with E-state index in [0.717, 1.165) is 17.7 Å². The molecule has 0 heterocycles. The van der Waals surface area contributed by atoms with Gasteiger partial charge in [-0.15, -0.1) is 6.58 Å². The van der Waals surface area contributed by atoms with E-state index in [1.807, 2.05) is 24.3 Å². The highest BCUT2D eigenvalue weighted by Crippen LogP contribution is 2.38. The molecule has 5 nitrogen and oxygen atoms in total. The lowest BCUT2D eigenvalue weighted by molar-refractivity contribution is -0.127. The Balaban J connectivity index is 1.70. The zero-order valence-electron chi connectivity index (χ0n) is 12.8. The second-order valence-corrected chi connectivity index (χ2v) is 5.38. The van der Waals surface area contributed by atoms with Crippen LogP contribution in [0.4, 0.5) is 0 Å².